The SMILES string of the molecule is Cc1cc(C)c(Cn2c(=O)c(I)cn(C)c2=O)c(C)c1. The van der Waals surface area contributed by atoms with Crippen LogP contribution in [0, 0.1) is 24.3 Å². The maximum absolute atomic E-state index is 12.2. The first-order valence-corrected chi connectivity index (χ1v) is 7.42. The van der Waals surface area contributed by atoms with Crippen LogP contribution in [0.15, 0.2) is 27.9 Å². The summed E-state index contributed by atoms with van der Waals surface area (Å²) in [6, 6.07) is 4.15. The molecule has 0 fully saturated rings. The molecule has 1 heterocycles. The molecule has 0 N–H and O–H groups in total. The number of halogens is 1. The first-order valence-electron chi connectivity index (χ1n) is 6.34. The molecular weight excluding hydrogens is 367 g/mol. The average Bonchev–Trinajstić information content (AvgIpc) is 2.34. The van der Waals surface area contributed by atoms with E-state index in [0.29, 0.717) is 10.1 Å². The van der Waals surface area contributed by atoms with Crippen LogP contribution in [0.1, 0.15) is 22.3 Å². The highest BCUT2D eigenvalue weighted by atomic mass is 127. The third-order valence-electron chi connectivity index (χ3n) is 3.45. The molecule has 0 aliphatic heterocycles. The summed E-state index contributed by atoms with van der Waals surface area (Å²) in [6.07, 6.45) is 1.57. The first-order chi connectivity index (χ1) is 9.31. The van der Waals surface area contributed by atoms with E-state index in [2.05, 4.69) is 12.1 Å². The summed E-state index contributed by atoms with van der Waals surface area (Å²) >= 11 is 1.96. The number of benzene rings is 1. The Morgan fingerprint density at radius 3 is 2.20 bits per heavy atom. The third-order valence-corrected chi connectivity index (χ3v) is 4.19. The molecule has 1 aromatic carbocycles. The number of aromatic nitrogens is 2. The van der Waals surface area contributed by atoms with E-state index in [1.54, 1.807) is 13.2 Å². The molecule has 2 aromatic rings. The summed E-state index contributed by atoms with van der Waals surface area (Å²) in [4.78, 5) is 24.3. The van der Waals surface area contributed by atoms with Gasteiger partial charge in [-0.3, -0.25) is 9.36 Å². The second-order valence-electron chi connectivity index (χ2n) is 5.14. The van der Waals surface area contributed by atoms with E-state index in [4.69, 9.17) is 0 Å². The molecule has 0 unspecified atom stereocenters. The van der Waals surface area contributed by atoms with Crippen LogP contribution in [0.5, 0.6) is 0 Å². The van der Waals surface area contributed by atoms with Crippen molar-refractivity contribution in [2.24, 2.45) is 7.05 Å². The van der Waals surface area contributed by atoms with E-state index in [1.807, 2.05) is 43.4 Å². The number of nitrogens with zero attached hydrogens (tertiary/aromatic N) is 2. The molecule has 0 spiro atoms. The van der Waals surface area contributed by atoms with Gasteiger partial charge in [0.1, 0.15) is 0 Å². The Kier molecular flexibility index (Phi) is 4.17. The van der Waals surface area contributed by atoms with E-state index in [9.17, 15) is 9.59 Å². The average molecular weight is 384 g/mol. The van der Waals surface area contributed by atoms with Crippen LogP contribution in [0.25, 0.3) is 0 Å². The lowest BCUT2D eigenvalue weighted by molar-refractivity contribution is 0.630. The zero-order chi connectivity index (χ0) is 15.0. The molecule has 20 heavy (non-hydrogen) atoms. The second kappa shape index (κ2) is 5.55. The van der Waals surface area contributed by atoms with Gasteiger partial charge in [-0.15, -0.1) is 0 Å². The van der Waals surface area contributed by atoms with Crippen LogP contribution >= 0.6 is 22.6 Å². The molecular formula is C15H17IN2O2. The van der Waals surface area contributed by atoms with Crippen LogP contribution in [-0.4, -0.2) is 9.13 Å². The van der Waals surface area contributed by atoms with Crippen molar-refractivity contribution < 1.29 is 0 Å². The van der Waals surface area contributed by atoms with Crippen molar-refractivity contribution in [3.8, 4) is 0 Å². The van der Waals surface area contributed by atoms with Gasteiger partial charge in [0.05, 0.1) is 10.1 Å². The number of rotatable bonds is 2. The Labute approximate surface area is 131 Å². The Morgan fingerprint density at radius 1 is 1.10 bits per heavy atom. The molecule has 0 aliphatic rings. The van der Waals surface area contributed by atoms with Crippen LogP contribution in [0.3, 0.4) is 0 Å². The Hall–Kier alpha value is -1.37. The van der Waals surface area contributed by atoms with Crippen molar-refractivity contribution in [2.45, 2.75) is 27.3 Å². The monoisotopic (exact) mass is 384 g/mol. The van der Waals surface area contributed by atoms with E-state index >= 15 is 0 Å². The summed E-state index contributed by atoms with van der Waals surface area (Å²) in [7, 11) is 1.66. The van der Waals surface area contributed by atoms with Gasteiger partial charge in [0.15, 0.2) is 0 Å². The van der Waals surface area contributed by atoms with Crippen LogP contribution < -0.4 is 11.2 Å². The van der Waals surface area contributed by atoms with Gasteiger partial charge in [0.2, 0.25) is 0 Å². The van der Waals surface area contributed by atoms with E-state index < -0.39 is 0 Å². The van der Waals surface area contributed by atoms with Crippen LogP contribution in [0.4, 0.5) is 0 Å². The van der Waals surface area contributed by atoms with Crippen molar-refractivity contribution in [3.05, 3.63) is 65.0 Å². The lowest BCUT2D eigenvalue weighted by Crippen LogP contribution is -2.40. The van der Waals surface area contributed by atoms with Gasteiger partial charge < -0.3 is 4.57 Å². The summed E-state index contributed by atoms with van der Waals surface area (Å²) in [6.45, 7) is 6.39. The van der Waals surface area contributed by atoms with Gasteiger partial charge in [0.25, 0.3) is 5.56 Å². The second-order valence-corrected chi connectivity index (χ2v) is 6.30. The maximum atomic E-state index is 12.2. The molecule has 1 aromatic heterocycles. The van der Waals surface area contributed by atoms with E-state index in [0.717, 1.165) is 16.7 Å². The van der Waals surface area contributed by atoms with Crippen molar-refractivity contribution >= 4 is 22.6 Å². The number of aryl methyl sites for hydroxylation is 4. The predicted octanol–water partition coefficient (Wildman–Crippen LogP) is 2.13. The molecule has 106 valence electrons. The third kappa shape index (κ3) is 2.72. The fraction of sp³-hybridized carbons (Fsp3) is 0.333. The largest absolute Gasteiger partial charge is 0.331 e. The smallest absolute Gasteiger partial charge is 0.302 e. The number of hydrogen-bond donors (Lipinski definition) is 0. The fourth-order valence-corrected chi connectivity index (χ4v) is 3.15. The van der Waals surface area contributed by atoms with E-state index in [1.165, 1.54) is 14.7 Å². The van der Waals surface area contributed by atoms with Gasteiger partial charge in [-0.1, -0.05) is 17.7 Å². The maximum Gasteiger partial charge on any atom is 0.331 e. The molecule has 0 radical (unpaired) electrons. The summed E-state index contributed by atoms with van der Waals surface area (Å²) in [5.41, 5.74) is 3.93. The highest BCUT2D eigenvalue weighted by Gasteiger charge is 2.11. The van der Waals surface area contributed by atoms with Crippen LogP contribution in [-0.2, 0) is 13.6 Å². The quantitative estimate of drug-likeness (QED) is 0.745. The summed E-state index contributed by atoms with van der Waals surface area (Å²) < 4.78 is 3.29. The molecule has 0 saturated carbocycles. The normalized spacial score (nSPS) is 10.8. The minimum atomic E-state index is -0.283. The molecule has 0 bridgehead atoms. The Balaban J connectivity index is 2.63. The van der Waals surface area contributed by atoms with E-state index in [-0.39, 0.29) is 11.2 Å². The zero-order valence-electron chi connectivity index (χ0n) is 12.0. The highest BCUT2D eigenvalue weighted by molar-refractivity contribution is 14.1. The fourth-order valence-electron chi connectivity index (χ4n) is 2.44. The highest BCUT2D eigenvalue weighted by Crippen LogP contribution is 2.16. The first kappa shape index (κ1) is 15.0. The minimum Gasteiger partial charge on any atom is -0.302 e. The van der Waals surface area contributed by atoms with Gasteiger partial charge in [0, 0.05) is 13.2 Å². The summed E-state index contributed by atoms with van der Waals surface area (Å²) in [5, 5.41) is 0. The molecule has 5 heteroatoms. The van der Waals surface area contributed by atoms with Gasteiger partial charge in [-0.25, -0.2) is 4.79 Å². The summed E-state index contributed by atoms with van der Waals surface area (Å²) in [5.74, 6) is 0. The molecule has 0 amide bonds. The molecule has 0 atom stereocenters. The molecule has 0 saturated heterocycles. The standard InChI is InChI=1S/C15H17IN2O2/c1-9-5-10(2)12(11(3)6-9)7-18-14(19)13(16)8-17(4)15(18)20/h5-6,8H,7H2,1-4H3. The Morgan fingerprint density at radius 2 is 1.65 bits per heavy atom. The van der Waals surface area contributed by atoms with Crippen molar-refractivity contribution in [1.82, 2.24) is 9.13 Å². The molecule has 2 rings (SSSR count). The Bertz CT molecular complexity index is 730. The van der Waals surface area contributed by atoms with Crippen LogP contribution in [0.2, 0.25) is 0 Å². The number of hydrogen-bond acceptors (Lipinski definition) is 2. The van der Waals surface area contributed by atoms with Gasteiger partial charge >= 0.3 is 5.69 Å². The molecule has 4 nitrogen and oxygen atoms in total. The van der Waals surface area contributed by atoms with Crippen molar-refractivity contribution in [3.63, 3.8) is 0 Å². The minimum absolute atomic E-state index is 0.229. The van der Waals surface area contributed by atoms with Gasteiger partial charge in [-0.2, -0.15) is 0 Å². The lowest BCUT2D eigenvalue weighted by atomic mass is 10.00. The van der Waals surface area contributed by atoms with Crippen molar-refractivity contribution in [2.75, 3.05) is 0 Å². The molecule has 0 aliphatic carbocycles. The predicted molar refractivity (Wildman–Crippen MR) is 88.4 cm³/mol. The van der Waals surface area contributed by atoms with Gasteiger partial charge in [-0.05, 0) is 60.1 Å². The van der Waals surface area contributed by atoms with Crippen molar-refractivity contribution in [1.29, 1.82) is 0 Å². The lowest BCUT2D eigenvalue weighted by Gasteiger charge is -2.13. The zero-order valence-corrected chi connectivity index (χ0v) is 14.2. The topological polar surface area (TPSA) is 44.0 Å².